The molecule has 172 valence electrons. The number of esters is 1. The lowest BCUT2D eigenvalue weighted by molar-refractivity contribution is -0.116. The van der Waals surface area contributed by atoms with Gasteiger partial charge in [0.1, 0.15) is 11.4 Å². The molecule has 0 atom stereocenters. The summed E-state index contributed by atoms with van der Waals surface area (Å²) in [5.41, 5.74) is 1.19. The van der Waals surface area contributed by atoms with E-state index in [1.165, 1.54) is 25.1 Å². The minimum absolute atomic E-state index is 0.0537. The van der Waals surface area contributed by atoms with E-state index in [4.69, 9.17) is 9.47 Å². The number of anilines is 2. The Labute approximate surface area is 191 Å². The van der Waals surface area contributed by atoms with Crippen LogP contribution in [0.4, 0.5) is 16.3 Å². The number of hydrogen-bond donors (Lipinski definition) is 1. The first-order chi connectivity index (χ1) is 15.6. The van der Waals surface area contributed by atoms with Gasteiger partial charge in [0, 0.05) is 18.5 Å². The summed E-state index contributed by atoms with van der Waals surface area (Å²) in [6.07, 6.45) is 0.868. The Morgan fingerprint density at radius 1 is 1.09 bits per heavy atom. The highest BCUT2D eigenvalue weighted by atomic mass is 16.6. The number of carbonyl (C=O) groups is 3. The van der Waals surface area contributed by atoms with Crippen LogP contribution < -0.4 is 10.2 Å². The van der Waals surface area contributed by atoms with Crippen LogP contribution in [-0.4, -0.2) is 40.6 Å². The van der Waals surface area contributed by atoms with Crippen molar-refractivity contribution in [1.29, 1.82) is 0 Å². The molecule has 3 rings (SSSR count). The van der Waals surface area contributed by atoms with Crippen LogP contribution in [0.25, 0.3) is 10.9 Å². The number of fused-ring (bicyclic) bond motifs is 1. The third-order valence-corrected chi connectivity index (χ3v) is 4.56. The van der Waals surface area contributed by atoms with Crippen LogP contribution in [-0.2, 0) is 20.8 Å². The largest absolute Gasteiger partial charge is 0.464 e. The monoisotopic (exact) mass is 450 g/mol. The molecule has 0 spiro atoms. The summed E-state index contributed by atoms with van der Waals surface area (Å²) in [4.78, 5) is 46.6. The number of methoxy groups -OCH3 is 1. The van der Waals surface area contributed by atoms with Gasteiger partial charge in [-0.05, 0) is 56.7 Å². The zero-order valence-electron chi connectivity index (χ0n) is 19.2. The van der Waals surface area contributed by atoms with Crippen LogP contribution in [0.1, 0.15) is 43.7 Å². The van der Waals surface area contributed by atoms with E-state index < -0.39 is 17.7 Å². The Hall–Kier alpha value is -4.01. The van der Waals surface area contributed by atoms with E-state index in [1.54, 1.807) is 39.0 Å². The van der Waals surface area contributed by atoms with Crippen molar-refractivity contribution in [3.8, 4) is 0 Å². The standard InChI is InChI=1S/C24H26N4O5/c1-15(29)28(19-7-6-12-25-21(19)22(30)32-5)14-16-8-9-17-10-11-20(26-18(17)13-16)27-23(31)33-24(2,3)4/h6-13H,14H2,1-5H3,(H,26,27,31). The number of amides is 2. The van der Waals surface area contributed by atoms with Crippen LogP contribution in [0.5, 0.6) is 0 Å². The first-order valence-electron chi connectivity index (χ1n) is 10.3. The summed E-state index contributed by atoms with van der Waals surface area (Å²) in [6.45, 7) is 6.94. The molecule has 0 saturated heterocycles. The van der Waals surface area contributed by atoms with Gasteiger partial charge in [-0.15, -0.1) is 0 Å². The minimum atomic E-state index is -0.630. The van der Waals surface area contributed by atoms with Gasteiger partial charge in [0.2, 0.25) is 5.91 Å². The van der Waals surface area contributed by atoms with E-state index >= 15 is 0 Å². The zero-order chi connectivity index (χ0) is 24.2. The summed E-state index contributed by atoms with van der Waals surface area (Å²) in [5, 5.41) is 3.49. The molecule has 0 aliphatic heterocycles. The second-order valence-electron chi connectivity index (χ2n) is 8.32. The molecule has 0 saturated carbocycles. The number of aromatic nitrogens is 2. The van der Waals surface area contributed by atoms with Gasteiger partial charge in [0.15, 0.2) is 5.69 Å². The Balaban J connectivity index is 1.89. The van der Waals surface area contributed by atoms with Gasteiger partial charge in [-0.2, -0.15) is 0 Å². The van der Waals surface area contributed by atoms with E-state index in [0.717, 1.165) is 10.9 Å². The van der Waals surface area contributed by atoms with Crippen molar-refractivity contribution in [2.24, 2.45) is 0 Å². The van der Waals surface area contributed by atoms with E-state index in [0.29, 0.717) is 17.0 Å². The molecular formula is C24H26N4O5. The maximum atomic E-state index is 12.4. The zero-order valence-corrected chi connectivity index (χ0v) is 19.2. The molecule has 1 aromatic carbocycles. The number of benzene rings is 1. The highest BCUT2D eigenvalue weighted by Gasteiger charge is 2.22. The predicted octanol–water partition coefficient (Wildman–Crippen LogP) is 4.32. The second kappa shape index (κ2) is 9.64. The number of carbonyl (C=O) groups excluding carboxylic acids is 3. The molecule has 0 bridgehead atoms. The Morgan fingerprint density at radius 2 is 1.82 bits per heavy atom. The third kappa shape index (κ3) is 6.03. The summed E-state index contributed by atoms with van der Waals surface area (Å²) in [7, 11) is 1.26. The number of rotatable bonds is 5. The number of pyridine rings is 2. The first-order valence-corrected chi connectivity index (χ1v) is 10.3. The molecule has 9 nitrogen and oxygen atoms in total. The molecule has 0 aliphatic rings. The average Bonchev–Trinajstić information content (AvgIpc) is 2.75. The molecule has 0 fully saturated rings. The molecule has 3 aromatic rings. The van der Waals surface area contributed by atoms with Gasteiger partial charge >= 0.3 is 12.1 Å². The molecule has 1 N–H and O–H groups in total. The Morgan fingerprint density at radius 3 is 2.48 bits per heavy atom. The topological polar surface area (TPSA) is 111 Å². The van der Waals surface area contributed by atoms with Crippen molar-refractivity contribution in [1.82, 2.24) is 9.97 Å². The Kier molecular flexibility index (Phi) is 6.91. The van der Waals surface area contributed by atoms with Gasteiger partial charge in [-0.3, -0.25) is 10.1 Å². The molecule has 2 heterocycles. The van der Waals surface area contributed by atoms with Crippen LogP contribution in [0.15, 0.2) is 48.7 Å². The van der Waals surface area contributed by atoms with Crippen molar-refractivity contribution < 1.29 is 23.9 Å². The lowest BCUT2D eigenvalue weighted by atomic mass is 10.1. The molecule has 33 heavy (non-hydrogen) atoms. The molecule has 0 aliphatic carbocycles. The van der Waals surface area contributed by atoms with Crippen molar-refractivity contribution in [2.45, 2.75) is 39.8 Å². The summed E-state index contributed by atoms with van der Waals surface area (Å²) < 4.78 is 10.1. The van der Waals surface area contributed by atoms with Crippen molar-refractivity contribution in [2.75, 3.05) is 17.3 Å². The van der Waals surface area contributed by atoms with Gasteiger partial charge in [-0.25, -0.2) is 19.6 Å². The van der Waals surface area contributed by atoms with E-state index in [2.05, 4.69) is 15.3 Å². The second-order valence-corrected chi connectivity index (χ2v) is 8.32. The normalized spacial score (nSPS) is 11.1. The Bertz CT molecular complexity index is 1200. The summed E-state index contributed by atoms with van der Waals surface area (Å²) >= 11 is 0. The molecule has 9 heteroatoms. The van der Waals surface area contributed by atoms with Gasteiger partial charge in [0.25, 0.3) is 0 Å². The highest BCUT2D eigenvalue weighted by molar-refractivity contribution is 6.00. The lowest BCUT2D eigenvalue weighted by Crippen LogP contribution is -2.30. The quantitative estimate of drug-likeness (QED) is 0.577. The molecule has 2 aromatic heterocycles. The average molecular weight is 450 g/mol. The van der Waals surface area contributed by atoms with Gasteiger partial charge < -0.3 is 14.4 Å². The molecule has 0 unspecified atom stereocenters. The number of nitrogens with zero attached hydrogens (tertiary/aromatic N) is 3. The minimum Gasteiger partial charge on any atom is -0.464 e. The first kappa shape index (κ1) is 23.6. The predicted molar refractivity (Wildman–Crippen MR) is 124 cm³/mol. The van der Waals surface area contributed by atoms with E-state index in [-0.39, 0.29) is 18.1 Å². The summed E-state index contributed by atoms with van der Waals surface area (Å²) in [6, 6.07) is 12.4. The maximum Gasteiger partial charge on any atom is 0.413 e. The SMILES string of the molecule is COC(=O)c1ncccc1N(Cc1ccc2ccc(NC(=O)OC(C)(C)C)nc2c1)C(C)=O. The van der Waals surface area contributed by atoms with Crippen LogP contribution >= 0.6 is 0 Å². The highest BCUT2D eigenvalue weighted by Crippen LogP contribution is 2.24. The van der Waals surface area contributed by atoms with E-state index in [1.807, 2.05) is 24.3 Å². The smallest absolute Gasteiger partial charge is 0.413 e. The molecular weight excluding hydrogens is 424 g/mol. The van der Waals surface area contributed by atoms with Crippen LogP contribution in [0.3, 0.4) is 0 Å². The van der Waals surface area contributed by atoms with Crippen LogP contribution in [0.2, 0.25) is 0 Å². The van der Waals surface area contributed by atoms with Gasteiger partial charge in [0.05, 0.1) is 24.9 Å². The number of nitrogens with one attached hydrogen (secondary N) is 1. The summed E-state index contributed by atoms with van der Waals surface area (Å²) in [5.74, 6) is -0.547. The molecule has 2 amide bonds. The fraction of sp³-hybridized carbons (Fsp3) is 0.292. The lowest BCUT2D eigenvalue weighted by Gasteiger charge is -2.23. The van der Waals surface area contributed by atoms with Crippen LogP contribution in [0, 0.1) is 0 Å². The maximum absolute atomic E-state index is 12.4. The van der Waals surface area contributed by atoms with Gasteiger partial charge in [-0.1, -0.05) is 12.1 Å². The van der Waals surface area contributed by atoms with E-state index in [9.17, 15) is 14.4 Å². The third-order valence-electron chi connectivity index (χ3n) is 4.56. The van der Waals surface area contributed by atoms with Crippen molar-refractivity contribution in [3.63, 3.8) is 0 Å². The number of hydrogen-bond acceptors (Lipinski definition) is 7. The fourth-order valence-corrected chi connectivity index (χ4v) is 3.16. The van der Waals surface area contributed by atoms with Crippen molar-refractivity contribution in [3.05, 3.63) is 59.9 Å². The fourth-order valence-electron chi connectivity index (χ4n) is 3.16. The molecule has 0 radical (unpaired) electrons. The number of ether oxygens (including phenoxy) is 2. The van der Waals surface area contributed by atoms with Crippen molar-refractivity contribution >= 4 is 40.4 Å².